The van der Waals surface area contributed by atoms with Crippen molar-refractivity contribution in [2.24, 2.45) is 5.92 Å². The molecule has 2 saturated heterocycles. The topological polar surface area (TPSA) is 64.6 Å². The first-order valence-electron chi connectivity index (χ1n) is 9.84. The van der Waals surface area contributed by atoms with Gasteiger partial charge in [0.1, 0.15) is 10.3 Å². The van der Waals surface area contributed by atoms with Crippen LogP contribution in [0, 0.1) is 5.92 Å². The highest BCUT2D eigenvalue weighted by atomic mass is 32.1. The van der Waals surface area contributed by atoms with Gasteiger partial charge < -0.3 is 15.1 Å². The van der Waals surface area contributed by atoms with Gasteiger partial charge in [-0.05, 0) is 32.0 Å². The molecule has 2 fully saturated rings. The number of carbonyl (C=O) groups excluding carboxylic acids is 1. The van der Waals surface area contributed by atoms with Gasteiger partial charge in [-0.15, -0.1) is 0 Å². The van der Waals surface area contributed by atoms with Crippen LogP contribution < -0.4 is 10.2 Å². The molecule has 27 heavy (non-hydrogen) atoms. The van der Waals surface area contributed by atoms with Crippen LogP contribution in [0.3, 0.4) is 0 Å². The molecular formula is C19H28N6OS. The zero-order valence-electron chi connectivity index (χ0n) is 15.9. The Balaban J connectivity index is 1.28. The van der Waals surface area contributed by atoms with Gasteiger partial charge in [0.25, 0.3) is 0 Å². The highest BCUT2D eigenvalue weighted by molar-refractivity contribution is 7.21. The number of nitrogens with one attached hydrogen (secondary N) is 1. The number of aromatic nitrogens is 2. The monoisotopic (exact) mass is 388 g/mol. The zero-order valence-corrected chi connectivity index (χ0v) is 16.7. The predicted octanol–water partition coefficient (Wildman–Crippen LogP) is 1.27. The Morgan fingerprint density at radius 3 is 2.96 bits per heavy atom. The number of piperazine rings is 1. The molecular weight excluding hydrogens is 360 g/mol. The first-order chi connectivity index (χ1) is 13.2. The summed E-state index contributed by atoms with van der Waals surface area (Å²) in [5.74, 6) is 0.235. The third-order valence-electron chi connectivity index (χ3n) is 5.54. The lowest BCUT2D eigenvalue weighted by atomic mass is 9.97. The van der Waals surface area contributed by atoms with Crippen molar-refractivity contribution in [3.05, 3.63) is 18.3 Å². The molecule has 2 aliphatic heterocycles. The van der Waals surface area contributed by atoms with Gasteiger partial charge in [0.15, 0.2) is 5.13 Å². The molecule has 4 heterocycles. The average molecular weight is 389 g/mol. The molecule has 2 aliphatic rings. The SMILES string of the molecule is CN1CCN(CCNC(=O)[C@H]2CCCN(c3nc4cccnc4s3)C2)CC1. The Labute approximate surface area is 164 Å². The molecule has 0 unspecified atom stereocenters. The fraction of sp³-hybridized carbons (Fsp3) is 0.632. The fourth-order valence-corrected chi connectivity index (χ4v) is 4.76. The Morgan fingerprint density at radius 1 is 1.30 bits per heavy atom. The summed E-state index contributed by atoms with van der Waals surface area (Å²) in [6, 6.07) is 3.91. The minimum absolute atomic E-state index is 0.0474. The molecule has 0 saturated carbocycles. The van der Waals surface area contributed by atoms with Crippen molar-refractivity contribution in [2.75, 3.05) is 64.3 Å². The first kappa shape index (κ1) is 18.6. The molecule has 8 heteroatoms. The molecule has 0 aromatic carbocycles. The number of nitrogens with zero attached hydrogens (tertiary/aromatic N) is 5. The maximum Gasteiger partial charge on any atom is 0.224 e. The molecule has 0 aliphatic carbocycles. The number of rotatable bonds is 5. The number of hydrogen-bond acceptors (Lipinski definition) is 7. The third-order valence-corrected chi connectivity index (χ3v) is 6.58. The lowest BCUT2D eigenvalue weighted by molar-refractivity contribution is -0.125. The highest BCUT2D eigenvalue weighted by Crippen LogP contribution is 2.30. The van der Waals surface area contributed by atoms with Crippen molar-refractivity contribution in [2.45, 2.75) is 12.8 Å². The van der Waals surface area contributed by atoms with Crippen molar-refractivity contribution in [3.8, 4) is 0 Å². The van der Waals surface area contributed by atoms with E-state index in [9.17, 15) is 4.79 Å². The summed E-state index contributed by atoms with van der Waals surface area (Å²) in [7, 11) is 2.16. The van der Waals surface area contributed by atoms with E-state index in [1.54, 1.807) is 17.5 Å². The van der Waals surface area contributed by atoms with Crippen LogP contribution in [0.25, 0.3) is 10.3 Å². The van der Waals surface area contributed by atoms with Crippen LogP contribution in [-0.2, 0) is 4.79 Å². The Kier molecular flexibility index (Phi) is 5.85. The summed E-state index contributed by atoms with van der Waals surface area (Å²) in [6.07, 6.45) is 3.79. The number of likely N-dealkylation sites (N-methyl/N-ethyl adjacent to an activating group) is 1. The molecule has 4 rings (SSSR count). The maximum atomic E-state index is 12.6. The Hall–Kier alpha value is -1.77. The van der Waals surface area contributed by atoms with E-state index < -0.39 is 0 Å². The van der Waals surface area contributed by atoms with Crippen LogP contribution in [-0.4, -0.2) is 85.1 Å². The van der Waals surface area contributed by atoms with Gasteiger partial charge in [-0.2, -0.15) is 0 Å². The third kappa shape index (κ3) is 4.56. The quantitative estimate of drug-likeness (QED) is 0.832. The molecule has 2 aromatic heterocycles. The van der Waals surface area contributed by atoms with E-state index in [1.165, 1.54) is 0 Å². The molecule has 1 N–H and O–H groups in total. The number of fused-ring (bicyclic) bond motifs is 1. The summed E-state index contributed by atoms with van der Waals surface area (Å²) in [5, 5.41) is 4.14. The van der Waals surface area contributed by atoms with Crippen LogP contribution >= 0.6 is 11.3 Å². The van der Waals surface area contributed by atoms with Crippen molar-refractivity contribution < 1.29 is 4.79 Å². The standard InChI is InChI=1S/C19H28N6OS/c1-23-10-12-24(13-11-23)9-7-20-17(26)15-4-3-8-25(14-15)19-22-16-5-2-6-21-18(16)27-19/h2,5-6,15H,3-4,7-14H2,1H3,(H,20,26)/t15-/m0/s1. The van der Waals surface area contributed by atoms with E-state index in [0.29, 0.717) is 0 Å². The van der Waals surface area contributed by atoms with Crippen molar-refractivity contribution in [1.29, 1.82) is 0 Å². The van der Waals surface area contributed by atoms with E-state index in [0.717, 1.165) is 80.7 Å². The second kappa shape index (κ2) is 8.50. The van der Waals surface area contributed by atoms with E-state index in [-0.39, 0.29) is 11.8 Å². The minimum Gasteiger partial charge on any atom is -0.355 e. The lowest BCUT2D eigenvalue weighted by Crippen LogP contribution is -2.48. The molecule has 2 aromatic rings. The van der Waals surface area contributed by atoms with Crippen LogP contribution in [0.2, 0.25) is 0 Å². The van der Waals surface area contributed by atoms with E-state index in [4.69, 9.17) is 4.98 Å². The number of anilines is 1. The van der Waals surface area contributed by atoms with E-state index in [2.05, 4.69) is 32.0 Å². The lowest BCUT2D eigenvalue weighted by Gasteiger charge is -2.33. The molecule has 1 atom stereocenters. The van der Waals surface area contributed by atoms with Crippen LogP contribution in [0.5, 0.6) is 0 Å². The number of amides is 1. The van der Waals surface area contributed by atoms with Gasteiger partial charge in [0, 0.05) is 58.6 Å². The van der Waals surface area contributed by atoms with Crippen LogP contribution in [0.1, 0.15) is 12.8 Å². The highest BCUT2D eigenvalue weighted by Gasteiger charge is 2.27. The second-order valence-electron chi connectivity index (χ2n) is 7.55. The van der Waals surface area contributed by atoms with E-state index >= 15 is 0 Å². The van der Waals surface area contributed by atoms with Crippen molar-refractivity contribution in [1.82, 2.24) is 25.1 Å². The van der Waals surface area contributed by atoms with Gasteiger partial charge >= 0.3 is 0 Å². The van der Waals surface area contributed by atoms with Crippen LogP contribution in [0.15, 0.2) is 18.3 Å². The zero-order chi connectivity index (χ0) is 18.6. The Morgan fingerprint density at radius 2 is 2.15 bits per heavy atom. The van der Waals surface area contributed by atoms with E-state index in [1.807, 2.05) is 12.1 Å². The van der Waals surface area contributed by atoms with Crippen molar-refractivity contribution >= 4 is 32.7 Å². The summed E-state index contributed by atoms with van der Waals surface area (Å²) in [5.41, 5.74) is 0.941. The first-order valence-corrected chi connectivity index (χ1v) is 10.7. The fourth-order valence-electron chi connectivity index (χ4n) is 3.81. The van der Waals surface area contributed by atoms with Crippen molar-refractivity contribution in [3.63, 3.8) is 0 Å². The summed E-state index contributed by atoms with van der Waals surface area (Å²) >= 11 is 1.62. The summed E-state index contributed by atoms with van der Waals surface area (Å²) in [4.78, 5) is 29.7. The molecule has 1 amide bonds. The number of carbonyl (C=O) groups is 1. The molecule has 0 spiro atoms. The van der Waals surface area contributed by atoms with Gasteiger partial charge in [0.05, 0.1) is 5.92 Å². The smallest absolute Gasteiger partial charge is 0.224 e. The molecule has 0 bridgehead atoms. The maximum absolute atomic E-state index is 12.6. The molecule has 146 valence electrons. The van der Waals surface area contributed by atoms with Gasteiger partial charge in [-0.3, -0.25) is 9.69 Å². The van der Waals surface area contributed by atoms with Gasteiger partial charge in [-0.1, -0.05) is 11.3 Å². The number of thiazole rings is 1. The summed E-state index contributed by atoms with van der Waals surface area (Å²) in [6.45, 7) is 7.81. The molecule has 0 radical (unpaired) electrons. The largest absolute Gasteiger partial charge is 0.355 e. The number of pyridine rings is 1. The summed E-state index contributed by atoms with van der Waals surface area (Å²) < 4.78 is 0. The average Bonchev–Trinajstić information content (AvgIpc) is 3.14. The number of hydrogen-bond donors (Lipinski definition) is 1. The minimum atomic E-state index is 0.0474. The Bertz CT molecular complexity index is 739. The molecule has 7 nitrogen and oxygen atoms in total. The normalized spacial score (nSPS) is 22.3. The number of piperidine rings is 1. The van der Waals surface area contributed by atoms with Crippen LogP contribution in [0.4, 0.5) is 5.13 Å². The van der Waals surface area contributed by atoms with Gasteiger partial charge in [0.2, 0.25) is 5.91 Å². The second-order valence-corrected chi connectivity index (χ2v) is 8.50. The predicted molar refractivity (Wildman–Crippen MR) is 109 cm³/mol. The van der Waals surface area contributed by atoms with Gasteiger partial charge in [-0.25, -0.2) is 9.97 Å².